The minimum absolute atomic E-state index is 0.0634. The van der Waals surface area contributed by atoms with Gasteiger partial charge < -0.3 is 9.13 Å². The summed E-state index contributed by atoms with van der Waals surface area (Å²) in [6, 6.07) is 18.1. The van der Waals surface area contributed by atoms with Crippen molar-refractivity contribution < 1.29 is 0 Å². The van der Waals surface area contributed by atoms with Gasteiger partial charge in [-0.25, -0.2) is 4.98 Å². The van der Waals surface area contributed by atoms with Gasteiger partial charge in [-0.05, 0) is 49.6 Å². The Labute approximate surface area is 181 Å². The predicted octanol–water partition coefficient (Wildman–Crippen LogP) is 4.47. The molecule has 0 fully saturated rings. The van der Waals surface area contributed by atoms with Crippen LogP contribution in [-0.4, -0.2) is 14.1 Å². The van der Waals surface area contributed by atoms with Gasteiger partial charge in [-0.15, -0.1) is 0 Å². The van der Waals surface area contributed by atoms with Crippen molar-refractivity contribution in [2.75, 3.05) is 0 Å². The van der Waals surface area contributed by atoms with Crippen LogP contribution >= 0.6 is 0 Å². The lowest BCUT2D eigenvalue weighted by Crippen LogP contribution is -2.24. The Bertz CT molecular complexity index is 1340. The molecule has 0 saturated carbocycles. The first kappa shape index (κ1) is 20.4. The van der Waals surface area contributed by atoms with E-state index >= 15 is 0 Å². The molecule has 0 aliphatic heterocycles. The third-order valence-corrected chi connectivity index (χ3v) is 5.41. The van der Waals surface area contributed by atoms with E-state index in [0.717, 1.165) is 28.1 Å². The van der Waals surface area contributed by atoms with Crippen LogP contribution in [0.4, 0.5) is 0 Å². The highest BCUT2D eigenvalue weighted by Crippen LogP contribution is 2.18. The van der Waals surface area contributed by atoms with Crippen LogP contribution in [-0.2, 0) is 13.0 Å². The van der Waals surface area contributed by atoms with Gasteiger partial charge >= 0.3 is 0 Å². The maximum atomic E-state index is 13.1. The van der Waals surface area contributed by atoms with Gasteiger partial charge in [0.2, 0.25) is 0 Å². The van der Waals surface area contributed by atoms with Crippen molar-refractivity contribution >= 4 is 0 Å². The number of nitriles is 1. The average molecular weight is 409 g/mol. The van der Waals surface area contributed by atoms with E-state index in [1.165, 1.54) is 5.56 Å². The second-order valence-electron chi connectivity index (χ2n) is 8.00. The van der Waals surface area contributed by atoms with Gasteiger partial charge in [0, 0.05) is 30.1 Å². The Morgan fingerprint density at radius 3 is 2.35 bits per heavy atom. The first-order valence-electron chi connectivity index (χ1n) is 10.2. The van der Waals surface area contributed by atoms with Gasteiger partial charge in [0.25, 0.3) is 5.56 Å². The van der Waals surface area contributed by atoms with Crippen LogP contribution in [0, 0.1) is 32.1 Å². The van der Waals surface area contributed by atoms with E-state index in [2.05, 4.69) is 24.0 Å². The second-order valence-corrected chi connectivity index (χ2v) is 8.00. The molecule has 31 heavy (non-hydrogen) atoms. The maximum absolute atomic E-state index is 13.1. The Morgan fingerprint density at radius 2 is 1.71 bits per heavy atom. The number of aromatic nitrogens is 3. The van der Waals surface area contributed by atoms with Crippen LogP contribution in [0.3, 0.4) is 0 Å². The zero-order valence-corrected chi connectivity index (χ0v) is 18.0. The van der Waals surface area contributed by atoms with Crippen molar-refractivity contribution in [2.45, 2.75) is 33.7 Å². The van der Waals surface area contributed by atoms with E-state index in [0.29, 0.717) is 24.1 Å². The van der Waals surface area contributed by atoms with Crippen LogP contribution < -0.4 is 5.56 Å². The lowest BCUT2D eigenvalue weighted by molar-refractivity contribution is 0.745. The number of nitrogens with zero attached hydrogens (tertiary/aromatic N) is 4. The first-order chi connectivity index (χ1) is 14.9. The number of pyridine rings is 1. The molecule has 0 unspecified atom stereocenters. The zero-order valence-electron chi connectivity index (χ0n) is 18.0. The molecule has 0 aliphatic carbocycles. The summed E-state index contributed by atoms with van der Waals surface area (Å²) in [5, 5.41) is 9.48. The van der Waals surface area contributed by atoms with Gasteiger partial charge in [-0.1, -0.05) is 42.0 Å². The Kier molecular flexibility index (Phi) is 5.55. The molecule has 2 aromatic heterocycles. The molecular weight excluding hydrogens is 384 g/mol. The molecule has 2 heterocycles. The van der Waals surface area contributed by atoms with Gasteiger partial charge in [0.15, 0.2) is 0 Å². The molecule has 0 atom stereocenters. The maximum Gasteiger partial charge on any atom is 0.254 e. The molecule has 2 aromatic carbocycles. The Hall–Kier alpha value is -3.91. The summed E-state index contributed by atoms with van der Waals surface area (Å²) in [7, 11) is 0. The summed E-state index contributed by atoms with van der Waals surface area (Å²) in [6.07, 6.45) is 5.91. The van der Waals surface area contributed by atoms with Crippen LogP contribution in [0.15, 0.2) is 72.0 Å². The fourth-order valence-corrected chi connectivity index (χ4v) is 3.78. The fourth-order valence-electron chi connectivity index (χ4n) is 3.78. The lowest BCUT2D eigenvalue weighted by atomic mass is 10.0. The minimum Gasteiger partial charge on any atom is -0.310 e. The van der Waals surface area contributed by atoms with Crippen LogP contribution in [0.25, 0.3) is 5.69 Å². The van der Waals surface area contributed by atoms with Gasteiger partial charge in [-0.2, -0.15) is 5.26 Å². The molecule has 4 aromatic rings. The lowest BCUT2D eigenvalue weighted by Gasteiger charge is -2.12. The Balaban J connectivity index is 1.65. The highest BCUT2D eigenvalue weighted by molar-refractivity contribution is 5.44. The van der Waals surface area contributed by atoms with Crippen LogP contribution in [0.5, 0.6) is 0 Å². The van der Waals surface area contributed by atoms with E-state index in [9.17, 15) is 10.1 Å². The normalized spacial score (nSPS) is 10.8. The van der Waals surface area contributed by atoms with Gasteiger partial charge in [-0.3, -0.25) is 4.79 Å². The van der Waals surface area contributed by atoms with Crippen molar-refractivity contribution in [2.24, 2.45) is 0 Å². The summed E-state index contributed by atoms with van der Waals surface area (Å²) in [6.45, 7) is 6.49. The molecule has 154 valence electrons. The molecule has 5 nitrogen and oxygen atoms in total. The summed E-state index contributed by atoms with van der Waals surface area (Å²) >= 11 is 0. The number of hydrogen-bond donors (Lipinski definition) is 0. The van der Waals surface area contributed by atoms with E-state index in [1.54, 1.807) is 23.2 Å². The van der Waals surface area contributed by atoms with Crippen molar-refractivity contribution in [3.05, 3.63) is 117 Å². The van der Waals surface area contributed by atoms with E-state index < -0.39 is 0 Å². The molecule has 4 rings (SSSR count). The average Bonchev–Trinajstić information content (AvgIpc) is 3.18. The van der Waals surface area contributed by atoms with Gasteiger partial charge in [0.1, 0.15) is 6.07 Å². The zero-order chi connectivity index (χ0) is 22.0. The number of hydrogen-bond acceptors (Lipinski definition) is 3. The quantitative estimate of drug-likeness (QED) is 0.489. The van der Waals surface area contributed by atoms with Gasteiger partial charge in [0.05, 0.1) is 24.1 Å². The third-order valence-electron chi connectivity index (χ3n) is 5.41. The highest BCUT2D eigenvalue weighted by atomic mass is 16.1. The molecule has 0 bridgehead atoms. The van der Waals surface area contributed by atoms with E-state index in [4.69, 9.17) is 0 Å². The molecule has 0 spiro atoms. The summed E-state index contributed by atoms with van der Waals surface area (Å²) in [4.78, 5) is 17.4. The topological polar surface area (TPSA) is 63.6 Å². The van der Waals surface area contributed by atoms with Crippen molar-refractivity contribution in [3.8, 4) is 11.8 Å². The van der Waals surface area contributed by atoms with Crippen molar-refractivity contribution in [3.63, 3.8) is 0 Å². The molecule has 0 saturated heterocycles. The monoisotopic (exact) mass is 408 g/mol. The van der Waals surface area contributed by atoms with E-state index in [-0.39, 0.29) is 5.56 Å². The fraction of sp³-hybridized carbons (Fsp3) is 0.192. The highest BCUT2D eigenvalue weighted by Gasteiger charge is 2.10. The summed E-state index contributed by atoms with van der Waals surface area (Å²) < 4.78 is 3.63. The first-order valence-corrected chi connectivity index (χ1v) is 10.2. The number of imidazole rings is 1. The molecule has 0 radical (unpaired) electrons. The smallest absolute Gasteiger partial charge is 0.254 e. The molecule has 5 heteroatoms. The minimum atomic E-state index is -0.0634. The third kappa shape index (κ3) is 4.49. The summed E-state index contributed by atoms with van der Waals surface area (Å²) in [5.74, 6) is 0. The SMILES string of the molecule is Cc1ccc(Cn2cc(C#N)cc(Cc3ccc(-n4cnc(C)c4)c(C)c3)c2=O)cc1. The van der Waals surface area contributed by atoms with Crippen molar-refractivity contribution in [1.29, 1.82) is 5.26 Å². The second kappa shape index (κ2) is 8.45. The molecular formula is C26H24N4O. The molecule has 0 N–H and O–H groups in total. The predicted molar refractivity (Wildman–Crippen MR) is 122 cm³/mol. The number of benzene rings is 2. The van der Waals surface area contributed by atoms with Crippen LogP contribution in [0.1, 0.15) is 39.1 Å². The molecule has 0 aliphatic rings. The standard InChI is InChI=1S/C26H24N4O/c1-18-4-6-21(7-5-18)15-29-16-23(13-27)12-24(26(29)31)11-22-8-9-25(19(2)10-22)30-14-20(3)28-17-30/h4-10,12,14,16-17H,11,15H2,1-3H3. The Morgan fingerprint density at radius 1 is 0.968 bits per heavy atom. The number of rotatable bonds is 5. The van der Waals surface area contributed by atoms with E-state index in [1.807, 2.05) is 61.0 Å². The number of aryl methyl sites for hydroxylation is 3. The van der Waals surface area contributed by atoms with Crippen molar-refractivity contribution in [1.82, 2.24) is 14.1 Å². The van der Waals surface area contributed by atoms with Crippen LogP contribution in [0.2, 0.25) is 0 Å². The molecule has 0 amide bonds. The largest absolute Gasteiger partial charge is 0.310 e. The summed E-state index contributed by atoms with van der Waals surface area (Å²) in [5.41, 5.74) is 7.42.